The molecule has 208 valence electrons. The van der Waals surface area contributed by atoms with E-state index < -0.39 is 14.4 Å². The molecule has 0 spiro atoms. The molecule has 0 aliphatic heterocycles. The summed E-state index contributed by atoms with van der Waals surface area (Å²) in [4.78, 5) is 12.9. The lowest BCUT2D eigenvalue weighted by Gasteiger charge is -2.57. The molecule has 0 radical (unpaired) electrons. The summed E-state index contributed by atoms with van der Waals surface area (Å²) in [6.07, 6.45) is 8.94. The molecule has 3 nitrogen and oxygen atoms in total. The molecule has 4 heteroatoms. The van der Waals surface area contributed by atoms with Crippen molar-refractivity contribution in [3.05, 3.63) is 72.3 Å². The number of hydrogen-bond donors (Lipinski definition) is 1. The lowest BCUT2D eigenvalue weighted by Crippen LogP contribution is -2.68. The Labute approximate surface area is 236 Å². The fourth-order valence-electron chi connectivity index (χ4n) is 9.46. The number of aliphatic hydroxyl groups is 1. The number of carbonyl (C=O) groups is 1. The van der Waals surface area contributed by atoms with Gasteiger partial charge in [0, 0.05) is 11.5 Å². The highest BCUT2D eigenvalue weighted by molar-refractivity contribution is 6.99. The van der Waals surface area contributed by atoms with Gasteiger partial charge in [-0.2, -0.15) is 0 Å². The van der Waals surface area contributed by atoms with Crippen LogP contribution >= 0.6 is 0 Å². The molecule has 2 aromatic carbocycles. The van der Waals surface area contributed by atoms with E-state index in [2.05, 4.69) is 101 Å². The highest BCUT2D eigenvalue weighted by Gasteiger charge is 2.61. The Morgan fingerprint density at radius 3 is 2.05 bits per heavy atom. The number of ketones is 1. The van der Waals surface area contributed by atoms with E-state index in [0.29, 0.717) is 24.2 Å². The second-order valence-corrected chi connectivity index (χ2v) is 18.7. The number of benzene rings is 2. The minimum absolute atomic E-state index is 0.0217. The number of rotatable bonds is 4. The normalized spacial score (nSPS) is 36.5. The SMILES string of the molecule is CC(C)(C)[Si](O[C@H]1CC[C@@]2(C)C(=CC[C@@H]3[C@@H]2CC[C@]2(C)C(=O)[C@H](O)C[C@@H]32)C1)(c1ccccc1)c1ccccc1. The Morgan fingerprint density at radius 1 is 0.872 bits per heavy atom. The molecule has 4 aliphatic carbocycles. The Morgan fingerprint density at radius 2 is 1.46 bits per heavy atom. The molecule has 1 N–H and O–H groups in total. The second kappa shape index (κ2) is 9.53. The number of fused-ring (bicyclic) bond motifs is 5. The average molecular weight is 543 g/mol. The monoisotopic (exact) mass is 542 g/mol. The highest BCUT2D eigenvalue weighted by atomic mass is 28.4. The number of allylic oxidation sites excluding steroid dienone is 1. The summed E-state index contributed by atoms with van der Waals surface area (Å²) in [5.74, 6) is 1.53. The number of hydrogen-bond acceptors (Lipinski definition) is 3. The van der Waals surface area contributed by atoms with Gasteiger partial charge in [-0.3, -0.25) is 4.79 Å². The maximum atomic E-state index is 12.9. The second-order valence-electron chi connectivity index (χ2n) is 14.5. The van der Waals surface area contributed by atoms with Crippen LogP contribution in [0.5, 0.6) is 0 Å². The molecule has 0 bridgehead atoms. The van der Waals surface area contributed by atoms with Gasteiger partial charge in [-0.05, 0) is 83.5 Å². The summed E-state index contributed by atoms with van der Waals surface area (Å²) in [6.45, 7) is 11.8. The van der Waals surface area contributed by atoms with Crippen molar-refractivity contribution in [3.8, 4) is 0 Å². The molecule has 7 atom stereocenters. The van der Waals surface area contributed by atoms with Gasteiger partial charge in [-0.15, -0.1) is 0 Å². The van der Waals surface area contributed by atoms with Gasteiger partial charge in [0.15, 0.2) is 5.78 Å². The number of Topliss-reactive ketones (excluding diaryl/α,β-unsaturated/α-hetero) is 1. The molecule has 0 aromatic heterocycles. The van der Waals surface area contributed by atoms with E-state index >= 15 is 0 Å². The zero-order valence-electron chi connectivity index (χ0n) is 24.5. The molecular weight excluding hydrogens is 496 g/mol. The molecule has 4 aliphatic rings. The van der Waals surface area contributed by atoms with Crippen molar-refractivity contribution < 1.29 is 14.3 Å². The van der Waals surface area contributed by atoms with Gasteiger partial charge in [0.2, 0.25) is 0 Å². The minimum Gasteiger partial charge on any atom is -0.404 e. The van der Waals surface area contributed by atoms with Crippen LogP contribution in [0.15, 0.2) is 72.3 Å². The van der Waals surface area contributed by atoms with Crippen LogP contribution in [0.2, 0.25) is 5.04 Å². The quantitative estimate of drug-likeness (QED) is 0.358. The summed E-state index contributed by atoms with van der Waals surface area (Å²) in [5, 5.41) is 13.2. The zero-order chi connectivity index (χ0) is 27.6. The van der Waals surface area contributed by atoms with Gasteiger partial charge in [0.1, 0.15) is 6.10 Å². The van der Waals surface area contributed by atoms with E-state index in [9.17, 15) is 9.90 Å². The summed E-state index contributed by atoms with van der Waals surface area (Å²) >= 11 is 0. The van der Waals surface area contributed by atoms with Gasteiger partial charge >= 0.3 is 0 Å². The predicted molar refractivity (Wildman–Crippen MR) is 161 cm³/mol. The van der Waals surface area contributed by atoms with Crippen molar-refractivity contribution in [2.45, 2.75) is 96.8 Å². The van der Waals surface area contributed by atoms with Crippen molar-refractivity contribution in [1.29, 1.82) is 0 Å². The molecule has 6 rings (SSSR count). The third-order valence-electron chi connectivity index (χ3n) is 11.6. The lowest BCUT2D eigenvalue weighted by molar-refractivity contribution is -0.136. The number of aliphatic hydroxyl groups excluding tert-OH is 1. The third-order valence-corrected chi connectivity index (χ3v) is 16.6. The summed E-state index contributed by atoms with van der Waals surface area (Å²) in [6, 6.07) is 22.0. The first-order valence-electron chi connectivity index (χ1n) is 15.2. The standard InChI is InChI=1S/C35H46O3Si/c1-33(2,3)39(26-12-8-6-9-13-26,27-14-10-7-11-15-27)38-25-18-20-34(4)24(22-25)16-17-28-29(34)19-21-35(5)30(28)23-31(36)32(35)37/h6-16,25,28-31,36H,17-23H2,1-5H3/t25-,28+,29-,30-,31+,34-,35-/m0/s1. The minimum atomic E-state index is -2.59. The summed E-state index contributed by atoms with van der Waals surface area (Å²) in [5.41, 5.74) is 1.43. The van der Waals surface area contributed by atoms with Crippen LogP contribution in [0, 0.1) is 28.6 Å². The molecule has 3 saturated carbocycles. The maximum absolute atomic E-state index is 12.9. The van der Waals surface area contributed by atoms with E-state index in [-0.39, 0.29) is 27.8 Å². The third kappa shape index (κ3) is 4.08. The van der Waals surface area contributed by atoms with Crippen LogP contribution < -0.4 is 10.4 Å². The van der Waals surface area contributed by atoms with Gasteiger partial charge in [0.05, 0.1) is 0 Å². The smallest absolute Gasteiger partial charge is 0.261 e. The highest BCUT2D eigenvalue weighted by Crippen LogP contribution is 2.64. The summed E-state index contributed by atoms with van der Waals surface area (Å²) in [7, 11) is -2.59. The Hall–Kier alpha value is -2.01. The van der Waals surface area contributed by atoms with Crippen molar-refractivity contribution in [2.24, 2.45) is 28.6 Å². The van der Waals surface area contributed by atoms with Crippen LogP contribution in [0.4, 0.5) is 0 Å². The molecule has 0 amide bonds. The van der Waals surface area contributed by atoms with E-state index in [0.717, 1.165) is 38.5 Å². The number of carbonyl (C=O) groups excluding carboxylic acids is 1. The molecule has 0 heterocycles. The van der Waals surface area contributed by atoms with Gasteiger partial charge in [0.25, 0.3) is 8.32 Å². The Kier molecular flexibility index (Phi) is 6.64. The Balaban J connectivity index is 1.32. The molecule has 39 heavy (non-hydrogen) atoms. The van der Waals surface area contributed by atoms with E-state index in [1.165, 1.54) is 10.4 Å². The van der Waals surface area contributed by atoms with E-state index in [1.54, 1.807) is 5.57 Å². The summed E-state index contributed by atoms with van der Waals surface area (Å²) < 4.78 is 7.58. The first-order valence-corrected chi connectivity index (χ1v) is 17.1. The van der Waals surface area contributed by atoms with Crippen LogP contribution in [0.3, 0.4) is 0 Å². The van der Waals surface area contributed by atoms with Crippen molar-refractivity contribution >= 4 is 24.5 Å². The fraction of sp³-hybridized carbons (Fsp3) is 0.571. The van der Waals surface area contributed by atoms with Gasteiger partial charge in [-0.25, -0.2) is 0 Å². The van der Waals surface area contributed by atoms with Crippen LogP contribution in [0.25, 0.3) is 0 Å². The Bertz CT molecular complexity index is 1210. The zero-order valence-corrected chi connectivity index (χ0v) is 25.5. The van der Waals surface area contributed by atoms with Crippen LogP contribution in [-0.2, 0) is 9.22 Å². The molecule has 0 saturated heterocycles. The lowest BCUT2D eigenvalue weighted by atomic mass is 9.48. The topological polar surface area (TPSA) is 46.5 Å². The van der Waals surface area contributed by atoms with Crippen LogP contribution in [0.1, 0.15) is 79.6 Å². The first kappa shape index (κ1) is 27.2. The van der Waals surface area contributed by atoms with Crippen molar-refractivity contribution in [2.75, 3.05) is 0 Å². The van der Waals surface area contributed by atoms with Crippen molar-refractivity contribution in [3.63, 3.8) is 0 Å². The van der Waals surface area contributed by atoms with Gasteiger partial charge in [-0.1, -0.05) is 107 Å². The van der Waals surface area contributed by atoms with E-state index in [1.807, 2.05) is 0 Å². The fourth-order valence-corrected chi connectivity index (χ4v) is 14.2. The maximum Gasteiger partial charge on any atom is 0.261 e. The largest absolute Gasteiger partial charge is 0.404 e. The van der Waals surface area contributed by atoms with Crippen molar-refractivity contribution in [1.82, 2.24) is 0 Å². The predicted octanol–water partition coefficient (Wildman–Crippen LogP) is 6.43. The first-order chi connectivity index (χ1) is 18.5. The molecule has 3 fully saturated rings. The average Bonchev–Trinajstić information content (AvgIpc) is 3.16. The molecule has 2 aromatic rings. The van der Waals surface area contributed by atoms with Crippen LogP contribution in [-0.4, -0.2) is 31.4 Å². The van der Waals surface area contributed by atoms with E-state index in [4.69, 9.17) is 4.43 Å². The molecule has 0 unspecified atom stereocenters. The molecular formula is C35H46O3Si. The van der Waals surface area contributed by atoms with Gasteiger partial charge < -0.3 is 9.53 Å².